The zero-order valence-electron chi connectivity index (χ0n) is 24.5. The molecule has 0 radical (unpaired) electrons. The van der Waals surface area contributed by atoms with E-state index >= 15 is 0 Å². The number of piperidine rings is 1. The van der Waals surface area contributed by atoms with Gasteiger partial charge in [-0.1, -0.05) is 29.8 Å². The molecule has 0 spiro atoms. The zero-order chi connectivity index (χ0) is 30.4. The van der Waals surface area contributed by atoms with Crippen LogP contribution in [0, 0.1) is 25.5 Å². The van der Waals surface area contributed by atoms with Gasteiger partial charge >= 0.3 is 18.0 Å². The van der Waals surface area contributed by atoms with Crippen molar-refractivity contribution in [2.45, 2.75) is 45.1 Å². The van der Waals surface area contributed by atoms with Gasteiger partial charge in [0.25, 0.3) is 0 Å². The van der Waals surface area contributed by atoms with E-state index in [1.807, 2.05) is 0 Å². The van der Waals surface area contributed by atoms with Crippen LogP contribution in [-0.4, -0.2) is 74.8 Å². The highest BCUT2D eigenvalue weighted by atomic mass is 19.2. The smallest absolute Gasteiger partial charge is 0.338 e. The lowest BCUT2D eigenvalue weighted by molar-refractivity contribution is -0.137. The first-order valence-electron chi connectivity index (χ1n) is 14.1. The SMILES string of the molecule is COCC1=C(C(=O)OC)C(c2ccc(F)c(F)c2)N(C(=O)NCCCN2CCC(c3ccc(C)cc3C)CC2)C(=O)N1. The van der Waals surface area contributed by atoms with Gasteiger partial charge < -0.3 is 25.0 Å². The number of benzene rings is 2. The predicted molar refractivity (Wildman–Crippen MR) is 153 cm³/mol. The highest BCUT2D eigenvalue weighted by Gasteiger charge is 2.43. The van der Waals surface area contributed by atoms with Crippen LogP contribution in [0.3, 0.4) is 0 Å². The van der Waals surface area contributed by atoms with Crippen molar-refractivity contribution in [1.82, 2.24) is 20.4 Å². The first-order valence-corrected chi connectivity index (χ1v) is 14.1. The van der Waals surface area contributed by atoms with E-state index in [-0.39, 0.29) is 30.0 Å². The van der Waals surface area contributed by atoms with Gasteiger partial charge in [-0.3, -0.25) is 0 Å². The van der Waals surface area contributed by atoms with Crippen molar-refractivity contribution in [3.8, 4) is 0 Å². The fraction of sp³-hybridized carbons (Fsp3) is 0.452. The number of nitrogens with zero attached hydrogens (tertiary/aromatic N) is 2. The molecule has 2 aliphatic rings. The number of amides is 4. The quantitative estimate of drug-likeness (QED) is 0.328. The molecule has 4 rings (SSSR count). The molecule has 0 bridgehead atoms. The standard InChI is InChI=1S/C31H38F2N4O5/c1-19-6-8-23(20(2)16-19)21-10-14-36(15-11-21)13-5-12-34-30(39)37-28(22-7-9-24(32)25(33)17-22)27(29(38)42-4)26(18-41-3)35-31(37)40/h6-9,16-17,21,28H,5,10-15,18H2,1-4H3,(H,34,39)(H,35,40). The highest BCUT2D eigenvalue weighted by molar-refractivity contribution is 6.01. The lowest BCUT2D eigenvalue weighted by Gasteiger charge is -2.36. The molecule has 1 unspecified atom stereocenters. The number of methoxy groups -OCH3 is 2. The molecule has 1 fully saturated rings. The Morgan fingerprint density at radius 1 is 1.05 bits per heavy atom. The number of carbonyl (C=O) groups is 3. The molecule has 2 aromatic rings. The van der Waals surface area contributed by atoms with E-state index in [4.69, 9.17) is 9.47 Å². The molecule has 1 saturated heterocycles. The highest BCUT2D eigenvalue weighted by Crippen LogP contribution is 2.35. The molecule has 2 aliphatic heterocycles. The monoisotopic (exact) mass is 584 g/mol. The van der Waals surface area contributed by atoms with Gasteiger partial charge in [0, 0.05) is 13.7 Å². The Morgan fingerprint density at radius 2 is 1.79 bits per heavy atom. The van der Waals surface area contributed by atoms with Crippen molar-refractivity contribution < 1.29 is 32.6 Å². The Morgan fingerprint density at radius 3 is 2.43 bits per heavy atom. The summed E-state index contributed by atoms with van der Waals surface area (Å²) in [5.41, 5.74) is 3.99. The van der Waals surface area contributed by atoms with Crippen LogP contribution in [0.4, 0.5) is 18.4 Å². The van der Waals surface area contributed by atoms with Crippen molar-refractivity contribution in [3.05, 3.63) is 81.6 Å². The summed E-state index contributed by atoms with van der Waals surface area (Å²) in [6, 6.07) is 6.60. The van der Waals surface area contributed by atoms with Crippen molar-refractivity contribution in [3.63, 3.8) is 0 Å². The molecule has 2 aromatic carbocycles. The maximum absolute atomic E-state index is 14.2. The number of carbonyl (C=O) groups excluding carboxylic acids is 3. The van der Waals surface area contributed by atoms with Crippen molar-refractivity contribution in [2.24, 2.45) is 0 Å². The number of ether oxygens (including phenoxy) is 2. The summed E-state index contributed by atoms with van der Waals surface area (Å²) in [6.45, 7) is 7.04. The van der Waals surface area contributed by atoms with Crippen LogP contribution >= 0.6 is 0 Å². The molecule has 4 amide bonds. The number of nitrogens with one attached hydrogen (secondary N) is 2. The fourth-order valence-electron chi connectivity index (χ4n) is 5.81. The van der Waals surface area contributed by atoms with E-state index < -0.39 is 35.7 Å². The number of hydrogen-bond donors (Lipinski definition) is 2. The number of hydrogen-bond acceptors (Lipinski definition) is 6. The van der Waals surface area contributed by atoms with Gasteiger partial charge in [-0.2, -0.15) is 0 Å². The van der Waals surface area contributed by atoms with Gasteiger partial charge in [0.2, 0.25) is 0 Å². The summed E-state index contributed by atoms with van der Waals surface area (Å²) in [5.74, 6) is -2.60. The third-order valence-corrected chi connectivity index (χ3v) is 7.89. The molecule has 1 atom stereocenters. The molecule has 2 heterocycles. The van der Waals surface area contributed by atoms with E-state index in [1.54, 1.807) is 0 Å². The second-order valence-corrected chi connectivity index (χ2v) is 10.8. The second-order valence-electron chi connectivity index (χ2n) is 10.8. The lowest BCUT2D eigenvalue weighted by Crippen LogP contribution is -2.55. The third-order valence-electron chi connectivity index (χ3n) is 7.89. The van der Waals surface area contributed by atoms with Crippen LogP contribution in [0.25, 0.3) is 0 Å². The topological polar surface area (TPSA) is 100 Å². The number of halogens is 2. The minimum atomic E-state index is -1.37. The molecule has 0 saturated carbocycles. The number of aryl methyl sites for hydroxylation is 2. The lowest BCUT2D eigenvalue weighted by atomic mass is 9.86. The van der Waals surface area contributed by atoms with Gasteiger partial charge in [0.15, 0.2) is 11.6 Å². The summed E-state index contributed by atoms with van der Waals surface area (Å²) >= 11 is 0. The summed E-state index contributed by atoms with van der Waals surface area (Å²) in [5, 5.41) is 5.26. The van der Waals surface area contributed by atoms with E-state index in [2.05, 4.69) is 47.6 Å². The molecule has 11 heteroatoms. The molecule has 0 aliphatic carbocycles. The van der Waals surface area contributed by atoms with Gasteiger partial charge in [0.05, 0.1) is 25.0 Å². The molecule has 2 N–H and O–H groups in total. The predicted octanol–water partition coefficient (Wildman–Crippen LogP) is 4.70. The molecular weight excluding hydrogens is 546 g/mol. The number of rotatable bonds is 9. The van der Waals surface area contributed by atoms with Crippen LogP contribution < -0.4 is 10.6 Å². The zero-order valence-corrected chi connectivity index (χ0v) is 24.5. The summed E-state index contributed by atoms with van der Waals surface area (Å²) < 4.78 is 38.0. The van der Waals surface area contributed by atoms with Gasteiger partial charge in [0.1, 0.15) is 6.04 Å². The van der Waals surface area contributed by atoms with E-state index in [1.165, 1.54) is 29.9 Å². The summed E-state index contributed by atoms with van der Waals surface area (Å²) in [6.07, 6.45) is 2.76. The average molecular weight is 585 g/mol. The Labute approximate surface area is 244 Å². The molecule has 0 aromatic heterocycles. The number of imide groups is 1. The Kier molecular flexibility index (Phi) is 10.3. The number of esters is 1. The van der Waals surface area contributed by atoms with Crippen LogP contribution in [-0.2, 0) is 14.3 Å². The third kappa shape index (κ3) is 6.96. The minimum Gasteiger partial charge on any atom is -0.466 e. The van der Waals surface area contributed by atoms with Crippen molar-refractivity contribution in [1.29, 1.82) is 0 Å². The second kappa shape index (κ2) is 13.9. The maximum Gasteiger partial charge on any atom is 0.338 e. The van der Waals surface area contributed by atoms with E-state index in [0.29, 0.717) is 12.3 Å². The van der Waals surface area contributed by atoms with Crippen LogP contribution in [0.1, 0.15) is 53.5 Å². The number of urea groups is 2. The first-order chi connectivity index (χ1) is 20.1. The molecule has 42 heavy (non-hydrogen) atoms. The number of likely N-dealkylation sites (tertiary alicyclic amines) is 1. The Bertz CT molecular complexity index is 1360. The van der Waals surface area contributed by atoms with Crippen molar-refractivity contribution >= 4 is 18.0 Å². The van der Waals surface area contributed by atoms with Gasteiger partial charge in [-0.15, -0.1) is 0 Å². The van der Waals surface area contributed by atoms with Gasteiger partial charge in [-0.25, -0.2) is 28.1 Å². The molecule has 226 valence electrons. The Hall–Kier alpha value is -3.83. The molecular formula is C31H38F2N4O5. The van der Waals surface area contributed by atoms with Gasteiger partial charge in [-0.05, 0) is 87.5 Å². The average Bonchev–Trinajstić information content (AvgIpc) is 2.96. The van der Waals surface area contributed by atoms with Crippen LogP contribution in [0.5, 0.6) is 0 Å². The van der Waals surface area contributed by atoms with Crippen LogP contribution in [0.2, 0.25) is 0 Å². The molecule has 9 nitrogen and oxygen atoms in total. The fourth-order valence-corrected chi connectivity index (χ4v) is 5.81. The maximum atomic E-state index is 14.2. The minimum absolute atomic E-state index is 0.0274. The van der Waals surface area contributed by atoms with Crippen molar-refractivity contribution in [2.75, 3.05) is 47.0 Å². The largest absolute Gasteiger partial charge is 0.466 e. The Balaban J connectivity index is 1.41. The first kappa shape index (κ1) is 31.1. The summed E-state index contributed by atoms with van der Waals surface area (Å²) in [4.78, 5) is 42.4. The van der Waals surface area contributed by atoms with E-state index in [0.717, 1.165) is 56.6 Å². The normalized spacial score (nSPS) is 18.2. The van der Waals surface area contributed by atoms with E-state index in [9.17, 15) is 23.2 Å². The van der Waals surface area contributed by atoms with Crippen LogP contribution in [0.15, 0.2) is 47.7 Å². The summed E-state index contributed by atoms with van der Waals surface area (Å²) in [7, 11) is 2.51.